The first kappa shape index (κ1) is 16.3. The number of rotatable bonds is 3. The molecule has 3 rings (SSSR count). The fourth-order valence-electron chi connectivity index (χ4n) is 2.55. The van der Waals surface area contributed by atoms with Gasteiger partial charge in [-0.15, -0.1) is 0 Å². The molecule has 0 aromatic heterocycles. The van der Waals surface area contributed by atoms with Crippen molar-refractivity contribution < 1.29 is 23.1 Å². The van der Waals surface area contributed by atoms with Gasteiger partial charge in [-0.2, -0.15) is 0 Å². The van der Waals surface area contributed by atoms with Crippen molar-refractivity contribution >= 4 is 21.7 Å². The number of anilines is 1. The van der Waals surface area contributed by atoms with Crippen LogP contribution in [-0.2, 0) is 14.8 Å². The molecule has 0 fully saturated rings. The summed E-state index contributed by atoms with van der Waals surface area (Å²) in [4.78, 5) is 11.5. The molecule has 1 atom stereocenters. The summed E-state index contributed by atoms with van der Waals surface area (Å²) >= 11 is 0. The number of carbonyl (C=O) groups is 1. The van der Waals surface area contributed by atoms with Crippen molar-refractivity contribution in [3.05, 3.63) is 53.6 Å². The molecule has 0 saturated carbocycles. The Balaban J connectivity index is 2.12. The third-order valence-electron chi connectivity index (χ3n) is 3.87. The van der Waals surface area contributed by atoms with Crippen molar-refractivity contribution in [2.75, 3.05) is 10.8 Å². The van der Waals surface area contributed by atoms with E-state index in [0.29, 0.717) is 5.69 Å². The van der Waals surface area contributed by atoms with Crippen molar-refractivity contribution in [3.8, 4) is 5.75 Å². The van der Waals surface area contributed by atoms with Crippen LogP contribution in [0.5, 0.6) is 5.75 Å². The van der Waals surface area contributed by atoms with Gasteiger partial charge in [-0.25, -0.2) is 13.2 Å². The van der Waals surface area contributed by atoms with E-state index in [1.54, 1.807) is 30.3 Å². The fourth-order valence-corrected chi connectivity index (χ4v) is 4.03. The lowest BCUT2D eigenvalue weighted by molar-refractivity contribution is -0.144. The van der Waals surface area contributed by atoms with E-state index in [2.05, 4.69) is 0 Å². The molecule has 2 aromatic rings. The van der Waals surface area contributed by atoms with E-state index in [1.165, 1.54) is 12.1 Å². The van der Waals surface area contributed by atoms with Crippen molar-refractivity contribution in [1.29, 1.82) is 0 Å². The minimum Gasteiger partial charge on any atom is -0.478 e. The molecular formula is C17H17NO5S. The van der Waals surface area contributed by atoms with E-state index in [4.69, 9.17) is 4.74 Å². The number of sulfonamides is 1. The van der Waals surface area contributed by atoms with E-state index >= 15 is 0 Å². The number of nitrogens with zero attached hydrogens (tertiary/aromatic N) is 1. The van der Waals surface area contributed by atoms with Crippen LogP contribution in [0.2, 0.25) is 0 Å². The molecule has 1 heterocycles. The predicted molar refractivity (Wildman–Crippen MR) is 88.9 cm³/mol. The number of hydrogen-bond donors (Lipinski definition) is 1. The fraction of sp³-hybridized carbons (Fsp3) is 0.235. The number of ether oxygens (including phenoxy) is 1. The molecule has 1 aliphatic rings. The summed E-state index contributed by atoms with van der Waals surface area (Å²) in [6.07, 6.45) is -1.25. The molecule has 0 amide bonds. The minimum absolute atomic E-state index is 0.116. The quantitative estimate of drug-likeness (QED) is 0.921. The maximum absolute atomic E-state index is 13.0. The van der Waals surface area contributed by atoms with Gasteiger partial charge in [0.05, 0.1) is 17.1 Å². The first-order valence-corrected chi connectivity index (χ1v) is 8.82. The van der Waals surface area contributed by atoms with Crippen molar-refractivity contribution in [1.82, 2.24) is 0 Å². The van der Waals surface area contributed by atoms with Crippen LogP contribution in [0.1, 0.15) is 11.1 Å². The topological polar surface area (TPSA) is 83.9 Å². The van der Waals surface area contributed by atoms with Crippen molar-refractivity contribution in [2.24, 2.45) is 0 Å². The lowest BCUT2D eigenvalue weighted by atomic mass is 10.1. The third kappa shape index (κ3) is 2.82. The van der Waals surface area contributed by atoms with Gasteiger partial charge >= 0.3 is 5.97 Å². The molecule has 0 bridgehead atoms. The third-order valence-corrected chi connectivity index (χ3v) is 5.66. The second-order valence-corrected chi connectivity index (χ2v) is 7.63. The van der Waals surface area contributed by atoms with Crippen LogP contribution in [-0.4, -0.2) is 32.1 Å². The van der Waals surface area contributed by atoms with Crippen LogP contribution in [0.4, 0.5) is 5.69 Å². The smallest absolute Gasteiger partial charge is 0.346 e. The number of carboxylic acid groups (broad SMARTS) is 1. The van der Waals surface area contributed by atoms with Crippen molar-refractivity contribution in [3.63, 3.8) is 0 Å². The van der Waals surface area contributed by atoms with Gasteiger partial charge in [0, 0.05) is 0 Å². The van der Waals surface area contributed by atoms with E-state index in [-0.39, 0.29) is 17.2 Å². The first-order chi connectivity index (χ1) is 11.3. The van der Waals surface area contributed by atoms with Gasteiger partial charge in [0.25, 0.3) is 10.0 Å². The van der Waals surface area contributed by atoms with Crippen LogP contribution in [0.25, 0.3) is 0 Å². The predicted octanol–water partition coefficient (Wildman–Crippen LogP) is 2.34. The van der Waals surface area contributed by atoms with Gasteiger partial charge in [0.1, 0.15) is 5.75 Å². The Morgan fingerprint density at radius 1 is 1.12 bits per heavy atom. The number of aliphatic carboxylic acids is 1. The number of carboxylic acids is 1. The highest BCUT2D eigenvalue weighted by Gasteiger charge is 2.37. The maximum atomic E-state index is 13.0. The first-order valence-electron chi connectivity index (χ1n) is 7.38. The molecule has 0 aliphatic carbocycles. The molecule has 126 valence electrons. The van der Waals surface area contributed by atoms with Gasteiger partial charge in [-0.1, -0.05) is 23.8 Å². The summed E-state index contributed by atoms with van der Waals surface area (Å²) in [5, 5.41) is 9.28. The Morgan fingerprint density at radius 3 is 2.38 bits per heavy atom. The van der Waals surface area contributed by atoms with Crippen LogP contribution in [0, 0.1) is 13.8 Å². The Bertz CT molecular complexity index is 890. The van der Waals surface area contributed by atoms with Gasteiger partial charge in [-0.05, 0) is 43.7 Å². The average molecular weight is 347 g/mol. The molecule has 6 nitrogen and oxygen atoms in total. The molecule has 7 heteroatoms. The zero-order valence-corrected chi connectivity index (χ0v) is 14.1. The van der Waals surface area contributed by atoms with E-state index in [0.717, 1.165) is 15.4 Å². The average Bonchev–Trinajstić information content (AvgIpc) is 2.53. The second kappa shape index (κ2) is 5.83. The summed E-state index contributed by atoms with van der Waals surface area (Å²) in [6, 6.07) is 11.5. The van der Waals surface area contributed by atoms with Crippen molar-refractivity contribution in [2.45, 2.75) is 24.8 Å². The molecular weight excluding hydrogens is 330 g/mol. The molecule has 1 aliphatic heterocycles. The minimum atomic E-state index is -3.88. The van der Waals surface area contributed by atoms with Crippen LogP contribution < -0.4 is 9.04 Å². The molecule has 0 spiro atoms. The maximum Gasteiger partial charge on any atom is 0.346 e. The highest BCUT2D eigenvalue weighted by Crippen LogP contribution is 2.37. The highest BCUT2D eigenvalue weighted by atomic mass is 32.2. The zero-order valence-electron chi connectivity index (χ0n) is 13.3. The lowest BCUT2D eigenvalue weighted by Crippen LogP contribution is -2.47. The standard InChI is InChI=1S/C17H17NO5S/c1-11-3-6-13(7-4-11)24(21,22)18-10-16(17(19)20)23-15-9-12(2)5-8-14(15)18/h3-9,16H,10H2,1-2H3,(H,19,20). The lowest BCUT2D eigenvalue weighted by Gasteiger charge is -2.34. The summed E-state index contributed by atoms with van der Waals surface area (Å²) in [6.45, 7) is 3.41. The molecule has 24 heavy (non-hydrogen) atoms. The molecule has 0 radical (unpaired) electrons. The summed E-state index contributed by atoms with van der Waals surface area (Å²) in [5.41, 5.74) is 2.14. The Labute approximate surface area is 140 Å². The molecule has 1 unspecified atom stereocenters. The highest BCUT2D eigenvalue weighted by molar-refractivity contribution is 7.92. The number of benzene rings is 2. The zero-order chi connectivity index (χ0) is 17.5. The second-order valence-electron chi connectivity index (χ2n) is 5.77. The summed E-state index contributed by atoms with van der Waals surface area (Å²) in [5.74, 6) is -0.949. The Morgan fingerprint density at radius 2 is 1.75 bits per heavy atom. The number of hydrogen-bond acceptors (Lipinski definition) is 4. The normalized spacial score (nSPS) is 17.1. The Kier molecular flexibility index (Phi) is 3.96. The molecule has 2 aromatic carbocycles. The SMILES string of the molecule is Cc1ccc(S(=O)(=O)N2CC(C(=O)O)Oc3cc(C)ccc32)cc1. The largest absolute Gasteiger partial charge is 0.478 e. The van der Waals surface area contributed by atoms with Gasteiger partial charge in [-0.3, -0.25) is 4.31 Å². The van der Waals surface area contributed by atoms with E-state index < -0.39 is 22.1 Å². The molecule has 1 N–H and O–H groups in total. The van der Waals surface area contributed by atoms with Gasteiger partial charge in [0.15, 0.2) is 0 Å². The van der Waals surface area contributed by atoms with Crippen LogP contribution in [0.15, 0.2) is 47.4 Å². The Hall–Kier alpha value is -2.54. The van der Waals surface area contributed by atoms with E-state index in [1.807, 2.05) is 13.8 Å². The monoisotopic (exact) mass is 347 g/mol. The molecule has 0 saturated heterocycles. The van der Waals surface area contributed by atoms with Crippen LogP contribution >= 0.6 is 0 Å². The van der Waals surface area contributed by atoms with E-state index in [9.17, 15) is 18.3 Å². The van der Waals surface area contributed by atoms with Gasteiger partial charge in [0.2, 0.25) is 6.10 Å². The van der Waals surface area contributed by atoms with Crippen LogP contribution in [0.3, 0.4) is 0 Å². The number of aryl methyl sites for hydroxylation is 2. The van der Waals surface area contributed by atoms with Gasteiger partial charge < -0.3 is 9.84 Å². The summed E-state index contributed by atoms with van der Waals surface area (Å²) < 4.78 is 32.5. The number of fused-ring (bicyclic) bond motifs is 1. The summed E-state index contributed by atoms with van der Waals surface area (Å²) in [7, 11) is -3.88.